The molecule has 0 saturated carbocycles. The van der Waals surface area contributed by atoms with Gasteiger partial charge in [0, 0.05) is 23.2 Å². The molecule has 0 bridgehead atoms. The fourth-order valence-corrected chi connectivity index (χ4v) is 3.01. The maximum Gasteiger partial charge on any atom is 0.336 e. The zero-order valence-corrected chi connectivity index (χ0v) is 13.1. The maximum absolute atomic E-state index is 12.5. The molecule has 0 fully saturated rings. The summed E-state index contributed by atoms with van der Waals surface area (Å²) in [5.41, 5.74) is 1.20. The fraction of sp³-hybridized carbons (Fsp3) is 0.278. The minimum absolute atomic E-state index is 0.346. The van der Waals surface area contributed by atoms with Crippen LogP contribution in [-0.2, 0) is 9.59 Å². The van der Waals surface area contributed by atoms with E-state index in [2.05, 4.69) is 5.32 Å². The molecule has 6 heteroatoms. The predicted molar refractivity (Wildman–Crippen MR) is 88.8 cm³/mol. The highest BCUT2D eigenvalue weighted by molar-refractivity contribution is 5.97. The Morgan fingerprint density at radius 2 is 1.88 bits per heavy atom. The molecule has 0 spiro atoms. The summed E-state index contributed by atoms with van der Waals surface area (Å²) >= 11 is 0. The van der Waals surface area contributed by atoms with Crippen LogP contribution in [0.3, 0.4) is 0 Å². The van der Waals surface area contributed by atoms with Crippen molar-refractivity contribution in [3.05, 3.63) is 52.4 Å². The van der Waals surface area contributed by atoms with Gasteiger partial charge in [0.2, 0.25) is 5.91 Å². The highest BCUT2D eigenvalue weighted by Gasteiger charge is 2.33. The first-order chi connectivity index (χ1) is 11.5. The monoisotopic (exact) mass is 327 g/mol. The third-order valence-corrected chi connectivity index (χ3v) is 4.31. The molecule has 1 amide bonds. The number of aryl methyl sites for hydroxylation is 1. The number of rotatable bonds is 3. The fourth-order valence-electron chi connectivity index (χ4n) is 3.01. The molecular weight excluding hydrogens is 310 g/mol. The molecule has 1 heterocycles. The Bertz CT molecular complexity index is 896. The minimum Gasteiger partial charge on any atom is -0.481 e. The zero-order valence-electron chi connectivity index (χ0n) is 13.1. The molecule has 1 aromatic heterocycles. The Morgan fingerprint density at radius 1 is 1.17 bits per heavy atom. The number of nitrogens with one attached hydrogen (secondary N) is 1. The lowest BCUT2D eigenvalue weighted by molar-refractivity contribution is -0.146. The molecule has 2 atom stereocenters. The summed E-state index contributed by atoms with van der Waals surface area (Å²) in [5.74, 6) is -2.66. The molecule has 1 aliphatic rings. The second kappa shape index (κ2) is 6.31. The number of anilines is 1. The van der Waals surface area contributed by atoms with Gasteiger partial charge >= 0.3 is 11.6 Å². The lowest BCUT2D eigenvalue weighted by Gasteiger charge is -2.24. The Labute approximate surface area is 137 Å². The molecule has 0 unspecified atom stereocenters. The smallest absolute Gasteiger partial charge is 0.336 e. The number of aliphatic carboxylic acids is 1. The third kappa shape index (κ3) is 3.08. The van der Waals surface area contributed by atoms with Crippen LogP contribution in [0.2, 0.25) is 0 Å². The number of amides is 1. The van der Waals surface area contributed by atoms with E-state index in [-0.39, 0.29) is 5.91 Å². The van der Waals surface area contributed by atoms with E-state index in [1.807, 2.05) is 13.0 Å². The van der Waals surface area contributed by atoms with Gasteiger partial charge in [-0.05, 0) is 37.5 Å². The van der Waals surface area contributed by atoms with Crippen LogP contribution in [0.25, 0.3) is 11.0 Å². The lowest BCUT2D eigenvalue weighted by Crippen LogP contribution is -2.34. The second-order valence-electron chi connectivity index (χ2n) is 5.94. The second-order valence-corrected chi connectivity index (χ2v) is 5.94. The summed E-state index contributed by atoms with van der Waals surface area (Å²) in [7, 11) is 0. The van der Waals surface area contributed by atoms with Crippen LogP contribution >= 0.6 is 0 Å². The Hall–Kier alpha value is -2.89. The summed E-state index contributed by atoms with van der Waals surface area (Å²) in [6.07, 6.45) is 4.35. The SMILES string of the molecule is Cc1cc(=O)oc2cc(NC(=O)[C@@H]3CC=CC[C@@H]3C(=O)O)ccc12. The van der Waals surface area contributed by atoms with E-state index >= 15 is 0 Å². The van der Waals surface area contributed by atoms with E-state index < -0.39 is 23.4 Å². The Morgan fingerprint density at radius 3 is 2.58 bits per heavy atom. The summed E-state index contributed by atoms with van der Waals surface area (Å²) in [6.45, 7) is 1.81. The number of carbonyl (C=O) groups excluding carboxylic acids is 1. The lowest BCUT2D eigenvalue weighted by atomic mass is 9.82. The van der Waals surface area contributed by atoms with Crippen LogP contribution in [-0.4, -0.2) is 17.0 Å². The van der Waals surface area contributed by atoms with Crippen LogP contribution in [0.4, 0.5) is 5.69 Å². The Balaban J connectivity index is 1.86. The van der Waals surface area contributed by atoms with Crippen molar-refractivity contribution < 1.29 is 19.1 Å². The van der Waals surface area contributed by atoms with Gasteiger partial charge < -0.3 is 14.8 Å². The molecule has 0 radical (unpaired) electrons. The van der Waals surface area contributed by atoms with Crippen molar-refractivity contribution in [2.24, 2.45) is 11.8 Å². The predicted octanol–water partition coefficient (Wildman–Crippen LogP) is 2.71. The molecule has 3 rings (SSSR count). The summed E-state index contributed by atoms with van der Waals surface area (Å²) in [6, 6.07) is 6.46. The molecule has 2 N–H and O–H groups in total. The van der Waals surface area contributed by atoms with E-state index in [1.165, 1.54) is 6.07 Å². The molecule has 1 aromatic carbocycles. The van der Waals surface area contributed by atoms with E-state index in [0.29, 0.717) is 24.1 Å². The normalized spacial score (nSPS) is 20.0. The van der Waals surface area contributed by atoms with Gasteiger partial charge in [0.15, 0.2) is 0 Å². The van der Waals surface area contributed by atoms with Crippen LogP contribution < -0.4 is 10.9 Å². The first-order valence-electron chi connectivity index (χ1n) is 7.69. The van der Waals surface area contributed by atoms with E-state index in [0.717, 1.165) is 10.9 Å². The maximum atomic E-state index is 12.5. The average Bonchev–Trinajstić information content (AvgIpc) is 2.54. The number of carbonyl (C=O) groups is 2. The highest BCUT2D eigenvalue weighted by atomic mass is 16.4. The Kier molecular flexibility index (Phi) is 4.20. The third-order valence-electron chi connectivity index (χ3n) is 4.31. The average molecular weight is 327 g/mol. The van der Waals surface area contributed by atoms with Crippen molar-refractivity contribution in [1.29, 1.82) is 0 Å². The van der Waals surface area contributed by atoms with Crippen molar-refractivity contribution in [3.63, 3.8) is 0 Å². The summed E-state index contributed by atoms with van der Waals surface area (Å²) in [5, 5.41) is 12.8. The van der Waals surface area contributed by atoms with Gasteiger partial charge in [0.05, 0.1) is 11.8 Å². The van der Waals surface area contributed by atoms with Crippen molar-refractivity contribution in [3.8, 4) is 0 Å². The van der Waals surface area contributed by atoms with Gasteiger partial charge in [-0.1, -0.05) is 12.2 Å². The van der Waals surface area contributed by atoms with Gasteiger partial charge in [-0.25, -0.2) is 4.79 Å². The number of fused-ring (bicyclic) bond motifs is 1. The van der Waals surface area contributed by atoms with Crippen molar-refractivity contribution >= 4 is 28.5 Å². The first kappa shape index (κ1) is 16.0. The molecular formula is C18H17NO5. The van der Waals surface area contributed by atoms with Crippen LogP contribution in [0.15, 0.2) is 45.6 Å². The van der Waals surface area contributed by atoms with E-state index in [4.69, 9.17) is 4.42 Å². The zero-order chi connectivity index (χ0) is 17.3. The van der Waals surface area contributed by atoms with Gasteiger partial charge in [0.25, 0.3) is 0 Å². The topological polar surface area (TPSA) is 96.6 Å². The van der Waals surface area contributed by atoms with Crippen LogP contribution in [0.1, 0.15) is 18.4 Å². The number of carboxylic acids is 1. The quantitative estimate of drug-likeness (QED) is 0.667. The van der Waals surface area contributed by atoms with Gasteiger partial charge in [-0.2, -0.15) is 0 Å². The molecule has 1 aliphatic carbocycles. The number of hydrogen-bond donors (Lipinski definition) is 2. The van der Waals surface area contributed by atoms with Gasteiger partial charge in [-0.15, -0.1) is 0 Å². The largest absolute Gasteiger partial charge is 0.481 e. The van der Waals surface area contributed by atoms with E-state index in [9.17, 15) is 19.5 Å². The number of allylic oxidation sites excluding steroid dienone is 2. The van der Waals surface area contributed by atoms with E-state index in [1.54, 1.807) is 24.3 Å². The standard InChI is InChI=1S/C18H17NO5/c1-10-8-16(20)24-15-9-11(6-7-12(10)15)19-17(21)13-4-2-3-5-14(13)18(22)23/h2-3,6-9,13-14H,4-5H2,1H3,(H,19,21)(H,22,23)/t13-,14+/m1/s1. The van der Waals surface area contributed by atoms with Crippen LogP contribution in [0.5, 0.6) is 0 Å². The number of benzene rings is 1. The van der Waals surface area contributed by atoms with Crippen molar-refractivity contribution in [2.45, 2.75) is 19.8 Å². The number of carboxylic acid groups (broad SMARTS) is 1. The van der Waals surface area contributed by atoms with Crippen LogP contribution in [0, 0.1) is 18.8 Å². The molecule has 6 nitrogen and oxygen atoms in total. The molecule has 124 valence electrons. The van der Waals surface area contributed by atoms with Crippen molar-refractivity contribution in [1.82, 2.24) is 0 Å². The van der Waals surface area contributed by atoms with Gasteiger partial charge in [0.1, 0.15) is 5.58 Å². The summed E-state index contributed by atoms with van der Waals surface area (Å²) in [4.78, 5) is 35.2. The minimum atomic E-state index is -0.973. The van der Waals surface area contributed by atoms with Gasteiger partial charge in [-0.3, -0.25) is 9.59 Å². The molecule has 0 aliphatic heterocycles. The number of hydrogen-bond acceptors (Lipinski definition) is 4. The summed E-state index contributed by atoms with van der Waals surface area (Å²) < 4.78 is 5.16. The van der Waals surface area contributed by atoms with Crippen molar-refractivity contribution in [2.75, 3.05) is 5.32 Å². The molecule has 0 saturated heterocycles. The molecule has 2 aromatic rings. The molecule has 24 heavy (non-hydrogen) atoms. The highest BCUT2D eigenvalue weighted by Crippen LogP contribution is 2.28. The first-order valence-corrected chi connectivity index (χ1v) is 7.69.